The van der Waals surface area contributed by atoms with Crippen molar-refractivity contribution in [1.29, 1.82) is 0 Å². The molecular formula is C51H58P2. The minimum Gasteiger partial charge on any atom is -0.0654 e. The molecule has 2 heteroatoms. The molecule has 2 unspecified atom stereocenters. The van der Waals surface area contributed by atoms with Crippen molar-refractivity contribution in [3.8, 4) is 0 Å². The summed E-state index contributed by atoms with van der Waals surface area (Å²) in [5.74, 6) is 0. The van der Waals surface area contributed by atoms with E-state index in [0.29, 0.717) is 0 Å². The first-order valence-corrected chi connectivity index (χ1v) is 22.2. The Labute approximate surface area is 323 Å². The molecule has 0 spiro atoms. The van der Waals surface area contributed by atoms with Gasteiger partial charge in [0.2, 0.25) is 0 Å². The first-order chi connectivity index (χ1) is 25.4. The molecule has 0 saturated carbocycles. The summed E-state index contributed by atoms with van der Waals surface area (Å²) in [6.07, 6.45) is 2.21. The fraction of sp³-hybridized carbons (Fsp3) is 0.294. The van der Waals surface area contributed by atoms with E-state index in [2.05, 4.69) is 203 Å². The summed E-state index contributed by atoms with van der Waals surface area (Å²) >= 11 is 0. The third-order valence-corrected chi connectivity index (χ3v) is 16.8. The molecule has 0 amide bonds. The van der Waals surface area contributed by atoms with E-state index >= 15 is 0 Å². The van der Waals surface area contributed by atoms with Gasteiger partial charge in [-0.1, -0.05) is 198 Å². The van der Waals surface area contributed by atoms with E-state index in [0.717, 1.165) is 12.8 Å². The lowest BCUT2D eigenvalue weighted by Crippen LogP contribution is -2.38. The Hall–Kier alpha value is -3.82. The molecule has 2 atom stereocenters. The lowest BCUT2D eigenvalue weighted by Gasteiger charge is -2.51. The van der Waals surface area contributed by atoms with Crippen molar-refractivity contribution in [2.45, 2.75) is 93.4 Å². The molecule has 0 aliphatic heterocycles. The Bertz CT molecular complexity index is 1830. The molecule has 0 N–H and O–H groups in total. The Morgan fingerprint density at radius 2 is 0.642 bits per heavy atom. The molecule has 6 aromatic rings. The van der Waals surface area contributed by atoms with Gasteiger partial charge in [-0.25, -0.2) is 0 Å². The highest BCUT2D eigenvalue weighted by Crippen LogP contribution is 2.70. The van der Waals surface area contributed by atoms with Crippen molar-refractivity contribution < 1.29 is 0 Å². The van der Waals surface area contributed by atoms with Crippen molar-refractivity contribution in [2.75, 3.05) is 0 Å². The van der Waals surface area contributed by atoms with E-state index in [9.17, 15) is 0 Å². The molecule has 0 bridgehead atoms. The third kappa shape index (κ3) is 8.78. The fourth-order valence-electron chi connectivity index (χ4n) is 9.14. The largest absolute Gasteiger partial charge is 0.0654 e. The predicted molar refractivity (Wildman–Crippen MR) is 237 cm³/mol. The summed E-state index contributed by atoms with van der Waals surface area (Å²) in [5.41, 5.74) is 14.0. The third-order valence-electron chi connectivity index (χ3n) is 10.7. The molecule has 0 fully saturated rings. The van der Waals surface area contributed by atoms with Gasteiger partial charge in [-0.05, 0) is 115 Å². The van der Waals surface area contributed by atoms with Gasteiger partial charge in [0, 0.05) is 11.3 Å². The molecule has 0 aliphatic carbocycles. The number of hydrogen-bond acceptors (Lipinski definition) is 0. The van der Waals surface area contributed by atoms with Crippen molar-refractivity contribution in [1.82, 2.24) is 0 Å². The van der Waals surface area contributed by atoms with Crippen LogP contribution in [0.2, 0.25) is 0 Å². The Morgan fingerprint density at radius 1 is 0.396 bits per heavy atom. The topological polar surface area (TPSA) is 0 Å². The highest BCUT2D eigenvalue weighted by Gasteiger charge is 2.50. The van der Waals surface area contributed by atoms with Gasteiger partial charge in [0.05, 0.1) is 0 Å². The van der Waals surface area contributed by atoms with Gasteiger partial charge in [0.25, 0.3) is 0 Å². The maximum absolute atomic E-state index is 2.69. The molecule has 6 aromatic carbocycles. The molecule has 0 aromatic heterocycles. The molecule has 6 rings (SSSR count). The van der Waals surface area contributed by atoms with E-state index in [-0.39, 0.29) is 16.7 Å². The summed E-state index contributed by atoms with van der Waals surface area (Å²) < 4.78 is 0. The maximum Gasteiger partial charge on any atom is 0.0185 e. The molecule has 0 heterocycles. The smallest absolute Gasteiger partial charge is 0.0185 e. The van der Waals surface area contributed by atoms with Gasteiger partial charge in [-0.15, -0.1) is 0 Å². The highest BCUT2D eigenvalue weighted by atomic mass is 31.1. The van der Waals surface area contributed by atoms with E-state index in [1.807, 2.05) is 0 Å². The number of rotatable bonds is 12. The van der Waals surface area contributed by atoms with Crippen molar-refractivity contribution in [2.24, 2.45) is 5.41 Å². The average molecular weight is 733 g/mol. The minimum absolute atomic E-state index is 0.139. The second-order valence-electron chi connectivity index (χ2n) is 16.0. The van der Waals surface area contributed by atoms with Crippen LogP contribution in [0.3, 0.4) is 0 Å². The zero-order valence-corrected chi connectivity index (χ0v) is 35.5. The molecule has 53 heavy (non-hydrogen) atoms. The number of aryl methyl sites for hydroxylation is 8. The van der Waals surface area contributed by atoms with Crippen LogP contribution in [0.4, 0.5) is 0 Å². The van der Waals surface area contributed by atoms with Gasteiger partial charge < -0.3 is 0 Å². The molecule has 0 saturated heterocycles. The van der Waals surface area contributed by atoms with Gasteiger partial charge in [-0.3, -0.25) is 0 Å². The van der Waals surface area contributed by atoms with E-state index < -0.39 is 15.8 Å². The van der Waals surface area contributed by atoms with Crippen molar-refractivity contribution in [3.63, 3.8) is 0 Å². The van der Waals surface area contributed by atoms with Crippen LogP contribution >= 0.6 is 15.8 Å². The van der Waals surface area contributed by atoms with Crippen LogP contribution in [0, 0.1) is 60.8 Å². The van der Waals surface area contributed by atoms with E-state index in [1.165, 1.54) is 76.9 Å². The number of benzene rings is 6. The molecule has 0 nitrogen and oxygen atoms in total. The average Bonchev–Trinajstić information content (AvgIpc) is 3.08. The van der Waals surface area contributed by atoms with Crippen LogP contribution in [0.1, 0.15) is 93.6 Å². The second-order valence-corrected chi connectivity index (χ2v) is 20.6. The summed E-state index contributed by atoms with van der Waals surface area (Å²) in [7, 11) is -1.71. The Morgan fingerprint density at radius 3 is 0.868 bits per heavy atom. The second kappa shape index (κ2) is 16.7. The van der Waals surface area contributed by atoms with Crippen LogP contribution in [0.25, 0.3) is 0 Å². The lowest BCUT2D eigenvalue weighted by molar-refractivity contribution is 0.270. The summed E-state index contributed by atoms with van der Waals surface area (Å²) in [5, 5.41) is 5.92. The zero-order valence-electron chi connectivity index (χ0n) is 33.7. The lowest BCUT2D eigenvalue weighted by atomic mass is 9.74. The Kier molecular flexibility index (Phi) is 12.2. The molecule has 272 valence electrons. The summed E-state index contributed by atoms with van der Waals surface area (Å²) in [4.78, 5) is 0. The number of hydrogen-bond donors (Lipinski definition) is 0. The Balaban J connectivity index is 1.77. The van der Waals surface area contributed by atoms with Crippen LogP contribution in [-0.2, 0) is 0 Å². The zero-order chi connectivity index (χ0) is 37.9. The predicted octanol–water partition coefficient (Wildman–Crippen LogP) is 13.0. The quantitative estimate of drug-likeness (QED) is 0.110. The summed E-state index contributed by atoms with van der Waals surface area (Å²) in [6.45, 7) is 23.3. The molecule has 0 radical (unpaired) electrons. The molecular weight excluding hydrogens is 675 g/mol. The standard InChI is InChI=1S/C51H58P2/c1-11-22-51(10,49(43-18-14-12-15-19-43)52(45-27-35(2)23-36(3)28-45)46-29-37(4)24-38(5)30-46)50(44-20-16-13-17-21-44)53(47-31-39(6)25-40(7)32-47)48-33-41(8)26-42(9)34-48/h12-21,23-34,49-50H,11,22H2,1-10H3. The minimum atomic E-state index is -0.855. The summed E-state index contributed by atoms with van der Waals surface area (Å²) in [6, 6.07) is 52.7. The maximum atomic E-state index is 2.69. The highest BCUT2D eigenvalue weighted by molar-refractivity contribution is 7.74. The van der Waals surface area contributed by atoms with Crippen LogP contribution < -0.4 is 21.2 Å². The van der Waals surface area contributed by atoms with Gasteiger partial charge in [-0.2, -0.15) is 0 Å². The SMILES string of the molecule is CCCC(C)(C(c1ccccc1)P(c1cc(C)cc(C)c1)c1cc(C)cc(C)c1)C(c1ccccc1)P(c1cc(C)cc(C)c1)c1cc(C)cc(C)c1. The van der Waals surface area contributed by atoms with Crippen molar-refractivity contribution >= 4 is 37.1 Å². The first-order valence-electron chi connectivity index (χ1n) is 19.4. The normalized spacial score (nSPS) is 14.0. The first kappa shape index (κ1) is 38.9. The van der Waals surface area contributed by atoms with Gasteiger partial charge in [0.1, 0.15) is 0 Å². The van der Waals surface area contributed by atoms with Crippen molar-refractivity contribution in [3.05, 3.63) is 189 Å². The van der Waals surface area contributed by atoms with Gasteiger partial charge >= 0.3 is 0 Å². The molecule has 0 aliphatic rings. The fourth-order valence-corrected chi connectivity index (χ4v) is 16.5. The van der Waals surface area contributed by atoms with E-state index in [1.54, 1.807) is 0 Å². The van der Waals surface area contributed by atoms with Crippen LogP contribution in [0.15, 0.2) is 133 Å². The van der Waals surface area contributed by atoms with Crippen LogP contribution in [0.5, 0.6) is 0 Å². The monoisotopic (exact) mass is 732 g/mol. The van der Waals surface area contributed by atoms with Gasteiger partial charge in [0.15, 0.2) is 0 Å². The van der Waals surface area contributed by atoms with E-state index in [4.69, 9.17) is 0 Å². The van der Waals surface area contributed by atoms with Crippen LogP contribution in [-0.4, -0.2) is 0 Å².